The van der Waals surface area contributed by atoms with Crippen LogP contribution in [0, 0.1) is 5.82 Å². The van der Waals surface area contributed by atoms with Crippen molar-refractivity contribution < 1.29 is 4.39 Å². The van der Waals surface area contributed by atoms with Crippen LogP contribution in [0.3, 0.4) is 0 Å². The first kappa shape index (κ1) is 14.6. The predicted octanol–water partition coefficient (Wildman–Crippen LogP) is 2.74. The van der Waals surface area contributed by atoms with Gasteiger partial charge >= 0.3 is 0 Å². The van der Waals surface area contributed by atoms with Crippen LogP contribution in [-0.4, -0.2) is 23.0 Å². The number of hydrogen-bond acceptors (Lipinski definition) is 3. The average molecular weight is 273 g/mol. The molecule has 2 N–H and O–H groups in total. The van der Waals surface area contributed by atoms with Gasteiger partial charge in [0.2, 0.25) is 0 Å². The van der Waals surface area contributed by atoms with E-state index in [9.17, 15) is 4.39 Å². The van der Waals surface area contributed by atoms with Gasteiger partial charge in [-0.1, -0.05) is 19.1 Å². The number of pyridine rings is 1. The van der Waals surface area contributed by atoms with Gasteiger partial charge < -0.3 is 5.73 Å². The molecule has 2 aromatic rings. The van der Waals surface area contributed by atoms with E-state index in [-0.39, 0.29) is 11.9 Å². The fraction of sp³-hybridized carbons (Fsp3) is 0.312. The molecule has 0 bridgehead atoms. The number of rotatable bonds is 6. The molecule has 0 saturated carbocycles. The van der Waals surface area contributed by atoms with Gasteiger partial charge in [-0.2, -0.15) is 0 Å². The zero-order chi connectivity index (χ0) is 14.4. The van der Waals surface area contributed by atoms with E-state index in [1.54, 1.807) is 24.5 Å². The fourth-order valence-corrected chi connectivity index (χ4v) is 2.15. The molecule has 0 aliphatic heterocycles. The number of nitrogens with zero attached hydrogens (tertiary/aromatic N) is 2. The zero-order valence-corrected chi connectivity index (χ0v) is 11.7. The second-order valence-corrected chi connectivity index (χ2v) is 4.84. The highest BCUT2D eigenvalue weighted by molar-refractivity contribution is 5.20. The van der Waals surface area contributed by atoms with E-state index < -0.39 is 0 Å². The van der Waals surface area contributed by atoms with Crippen molar-refractivity contribution in [3.63, 3.8) is 0 Å². The number of aromatic nitrogens is 1. The molecule has 0 spiro atoms. The van der Waals surface area contributed by atoms with Crippen molar-refractivity contribution in [1.29, 1.82) is 0 Å². The molecule has 1 unspecified atom stereocenters. The molecule has 106 valence electrons. The summed E-state index contributed by atoms with van der Waals surface area (Å²) in [6.45, 7) is 4.61. The molecule has 1 atom stereocenters. The Morgan fingerprint density at radius 3 is 2.40 bits per heavy atom. The standard InChI is InChI=1S/C16H20FN3/c1-2-20(11-13-7-9-19-10-8-13)12-16(18)14-3-5-15(17)6-4-14/h3-10,16H,2,11-12,18H2,1H3. The van der Waals surface area contributed by atoms with E-state index >= 15 is 0 Å². The molecule has 0 fully saturated rings. The molecule has 0 aliphatic carbocycles. The minimum Gasteiger partial charge on any atom is -0.323 e. The summed E-state index contributed by atoms with van der Waals surface area (Å²) in [4.78, 5) is 6.28. The topological polar surface area (TPSA) is 42.2 Å². The molecule has 4 heteroatoms. The zero-order valence-electron chi connectivity index (χ0n) is 11.7. The number of halogens is 1. The lowest BCUT2D eigenvalue weighted by Gasteiger charge is -2.24. The Labute approximate surface area is 119 Å². The second kappa shape index (κ2) is 7.12. The summed E-state index contributed by atoms with van der Waals surface area (Å²) in [7, 11) is 0. The Morgan fingerprint density at radius 1 is 1.15 bits per heavy atom. The molecule has 20 heavy (non-hydrogen) atoms. The predicted molar refractivity (Wildman–Crippen MR) is 78.5 cm³/mol. The van der Waals surface area contributed by atoms with Gasteiger partial charge in [-0.25, -0.2) is 4.39 Å². The third kappa shape index (κ3) is 4.11. The molecule has 0 aliphatic rings. The van der Waals surface area contributed by atoms with Gasteiger partial charge in [-0.15, -0.1) is 0 Å². The Balaban J connectivity index is 1.97. The number of benzene rings is 1. The SMILES string of the molecule is CCN(Cc1ccncc1)CC(N)c1ccc(F)cc1. The van der Waals surface area contributed by atoms with Gasteiger partial charge in [0.1, 0.15) is 5.82 Å². The van der Waals surface area contributed by atoms with Gasteiger partial charge in [-0.05, 0) is 41.9 Å². The highest BCUT2D eigenvalue weighted by Gasteiger charge is 2.11. The van der Waals surface area contributed by atoms with E-state index in [1.165, 1.54) is 17.7 Å². The van der Waals surface area contributed by atoms with Crippen molar-refractivity contribution in [2.45, 2.75) is 19.5 Å². The maximum atomic E-state index is 12.9. The monoisotopic (exact) mass is 273 g/mol. The van der Waals surface area contributed by atoms with E-state index in [2.05, 4.69) is 16.8 Å². The fourth-order valence-electron chi connectivity index (χ4n) is 2.15. The van der Waals surface area contributed by atoms with Crippen LogP contribution in [0.25, 0.3) is 0 Å². The first-order valence-electron chi connectivity index (χ1n) is 6.81. The lowest BCUT2D eigenvalue weighted by molar-refractivity contribution is 0.262. The maximum absolute atomic E-state index is 12.9. The largest absolute Gasteiger partial charge is 0.323 e. The quantitative estimate of drug-likeness (QED) is 0.880. The Hall–Kier alpha value is -1.78. The Kier molecular flexibility index (Phi) is 5.21. The van der Waals surface area contributed by atoms with Crippen LogP contribution in [0.4, 0.5) is 4.39 Å². The highest BCUT2D eigenvalue weighted by Crippen LogP contribution is 2.14. The van der Waals surface area contributed by atoms with Crippen LogP contribution in [0.5, 0.6) is 0 Å². The van der Waals surface area contributed by atoms with E-state index in [0.717, 1.165) is 25.2 Å². The molecule has 1 aromatic heterocycles. The van der Waals surface area contributed by atoms with E-state index in [1.807, 2.05) is 12.1 Å². The summed E-state index contributed by atoms with van der Waals surface area (Å²) in [6.07, 6.45) is 3.59. The highest BCUT2D eigenvalue weighted by atomic mass is 19.1. The first-order valence-corrected chi connectivity index (χ1v) is 6.81. The molecule has 1 heterocycles. The number of nitrogens with two attached hydrogens (primary N) is 1. The molecular formula is C16H20FN3. The molecule has 0 amide bonds. The van der Waals surface area contributed by atoms with Gasteiger partial charge in [0.05, 0.1) is 0 Å². The lowest BCUT2D eigenvalue weighted by Crippen LogP contribution is -2.31. The third-order valence-electron chi connectivity index (χ3n) is 3.36. The molecule has 0 saturated heterocycles. The Bertz CT molecular complexity index is 513. The van der Waals surface area contributed by atoms with Crippen LogP contribution in [0.1, 0.15) is 24.1 Å². The molecule has 1 aromatic carbocycles. The summed E-state index contributed by atoms with van der Waals surface area (Å²) in [5.41, 5.74) is 8.37. The minimum absolute atomic E-state index is 0.114. The molecule has 3 nitrogen and oxygen atoms in total. The van der Waals surface area contributed by atoms with Crippen molar-refractivity contribution >= 4 is 0 Å². The van der Waals surface area contributed by atoms with Crippen molar-refractivity contribution in [2.24, 2.45) is 5.73 Å². The second-order valence-electron chi connectivity index (χ2n) is 4.84. The van der Waals surface area contributed by atoms with Crippen molar-refractivity contribution in [3.05, 3.63) is 65.7 Å². The Morgan fingerprint density at radius 2 is 1.80 bits per heavy atom. The van der Waals surface area contributed by atoms with E-state index in [4.69, 9.17) is 5.73 Å². The summed E-state index contributed by atoms with van der Waals surface area (Å²) >= 11 is 0. The molecule has 2 rings (SSSR count). The average Bonchev–Trinajstić information content (AvgIpc) is 2.48. The van der Waals surface area contributed by atoms with Gasteiger partial charge in [0.25, 0.3) is 0 Å². The summed E-state index contributed by atoms with van der Waals surface area (Å²) in [5, 5.41) is 0. The summed E-state index contributed by atoms with van der Waals surface area (Å²) in [6, 6.07) is 10.3. The first-order chi connectivity index (χ1) is 9.69. The van der Waals surface area contributed by atoms with Crippen molar-refractivity contribution in [1.82, 2.24) is 9.88 Å². The summed E-state index contributed by atoms with van der Waals surface area (Å²) < 4.78 is 12.9. The lowest BCUT2D eigenvalue weighted by atomic mass is 10.1. The smallest absolute Gasteiger partial charge is 0.123 e. The molecular weight excluding hydrogens is 253 g/mol. The van der Waals surface area contributed by atoms with E-state index in [0.29, 0.717) is 0 Å². The third-order valence-corrected chi connectivity index (χ3v) is 3.36. The van der Waals surface area contributed by atoms with Gasteiger partial charge in [0, 0.05) is 31.5 Å². The van der Waals surface area contributed by atoms with Crippen molar-refractivity contribution in [2.75, 3.05) is 13.1 Å². The van der Waals surface area contributed by atoms with Crippen LogP contribution < -0.4 is 5.73 Å². The summed E-state index contributed by atoms with van der Waals surface area (Å²) in [5.74, 6) is -0.231. The number of hydrogen-bond donors (Lipinski definition) is 1. The number of likely N-dealkylation sites (N-methyl/N-ethyl adjacent to an activating group) is 1. The van der Waals surface area contributed by atoms with Crippen molar-refractivity contribution in [3.8, 4) is 0 Å². The van der Waals surface area contributed by atoms with Crippen LogP contribution in [-0.2, 0) is 6.54 Å². The van der Waals surface area contributed by atoms with Gasteiger partial charge in [0.15, 0.2) is 0 Å². The van der Waals surface area contributed by atoms with Crippen LogP contribution in [0.2, 0.25) is 0 Å². The normalized spacial score (nSPS) is 12.6. The van der Waals surface area contributed by atoms with Crippen LogP contribution >= 0.6 is 0 Å². The van der Waals surface area contributed by atoms with Gasteiger partial charge in [-0.3, -0.25) is 9.88 Å². The minimum atomic E-state index is -0.231. The molecule has 0 radical (unpaired) electrons. The van der Waals surface area contributed by atoms with Crippen LogP contribution in [0.15, 0.2) is 48.8 Å². The maximum Gasteiger partial charge on any atom is 0.123 e.